The smallest absolute Gasteiger partial charge is 0.128 e. The Balaban J connectivity index is 3.30. The molecule has 0 aliphatic heterocycles. The molecule has 1 rings (SSSR count). The highest BCUT2D eigenvalue weighted by atomic mass is 19.1. The Hall–Kier alpha value is -0.930. The fourth-order valence-electron chi connectivity index (χ4n) is 2.67. The first-order chi connectivity index (χ1) is 9.39. The summed E-state index contributed by atoms with van der Waals surface area (Å²) in [6, 6.07) is 3.50. The van der Waals surface area contributed by atoms with Crippen molar-refractivity contribution in [3.63, 3.8) is 0 Å². The molecule has 0 heterocycles. The van der Waals surface area contributed by atoms with Crippen molar-refractivity contribution in [2.45, 2.75) is 59.1 Å². The van der Waals surface area contributed by atoms with Crippen LogP contribution in [-0.2, 0) is 4.74 Å². The number of methoxy groups -OCH3 is 1. The Bertz CT molecular complexity index is 418. The van der Waals surface area contributed by atoms with Crippen LogP contribution in [0.15, 0.2) is 12.1 Å². The van der Waals surface area contributed by atoms with Crippen LogP contribution in [0, 0.1) is 19.7 Å². The van der Waals surface area contributed by atoms with Gasteiger partial charge in [0.05, 0.1) is 11.6 Å². The maximum Gasteiger partial charge on any atom is 0.128 e. The molecule has 0 spiro atoms. The van der Waals surface area contributed by atoms with Crippen molar-refractivity contribution in [3.05, 3.63) is 34.6 Å². The van der Waals surface area contributed by atoms with Crippen LogP contribution >= 0.6 is 0 Å². The molecule has 0 saturated heterocycles. The molecule has 2 unspecified atom stereocenters. The highest BCUT2D eigenvalue weighted by Gasteiger charge is 2.36. The zero-order valence-corrected chi connectivity index (χ0v) is 13.6. The molecule has 1 aromatic rings. The molecule has 0 saturated carbocycles. The van der Waals surface area contributed by atoms with E-state index < -0.39 is 5.60 Å². The molecule has 1 aromatic carbocycles. The van der Waals surface area contributed by atoms with Gasteiger partial charge in [0.2, 0.25) is 0 Å². The summed E-state index contributed by atoms with van der Waals surface area (Å²) >= 11 is 0. The molecular formula is C17H28FNO. The highest BCUT2D eigenvalue weighted by molar-refractivity contribution is 5.36. The van der Waals surface area contributed by atoms with Gasteiger partial charge in [-0.25, -0.2) is 4.39 Å². The topological polar surface area (TPSA) is 21.3 Å². The van der Waals surface area contributed by atoms with Gasteiger partial charge in [0.15, 0.2) is 0 Å². The lowest BCUT2D eigenvalue weighted by Gasteiger charge is -2.37. The molecule has 3 heteroatoms. The summed E-state index contributed by atoms with van der Waals surface area (Å²) < 4.78 is 20.2. The normalized spacial score (nSPS) is 15.9. The van der Waals surface area contributed by atoms with Gasteiger partial charge < -0.3 is 10.1 Å². The van der Waals surface area contributed by atoms with Gasteiger partial charge in [-0.15, -0.1) is 0 Å². The van der Waals surface area contributed by atoms with Crippen LogP contribution in [0.25, 0.3) is 0 Å². The standard InChI is InChI=1S/C17H28FNO/c1-7-9-19-16(17(5,8-2)20-6)15-13(4)10-12(3)11-14(15)18/h10-11,16,19H,7-9H2,1-6H3. The second kappa shape index (κ2) is 7.19. The van der Waals surface area contributed by atoms with E-state index in [0.717, 1.165) is 36.1 Å². The fourth-order valence-corrected chi connectivity index (χ4v) is 2.67. The number of nitrogens with one attached hydrogen (secondary N) is 1. The van der Waals surface area contributed by atoms with Crippen molar-refractivity contribution in [2.24, 2.45) is 0 Å². The summed E-state index contributed by atoms with van der Waals surface area (Å²) in [5.41, 5.74) is 2.24. The lowest BCUT2D eigenvalue weighted by atomic mass is 9.84. The van der Waals surface area contributed by atoms with Gasteiger partial charge in [0, 0.05) is 12.7 Å². The first-order valence-electron chi connectivity index (χ1n) is 7.44. The van der Waals surface area contributed by atoms with Gasteiger partial charge >= 0.3 is 0 Å². The largest absolute Gasteiger partial charge is 0.377 e. The Labute approximate surface area is 122 Å². The average molecular weight is 281 g/mol. The van der Waals surface area contributed by atoms with E-state index in [2.05, 4.69) is 19.2 Å². The predicted molar refractivity (Wildman–Crippen MR) is 82.6 cm³/mol. The Morgan fingerprint density at radius 1 is 1.30 bits per heavy atom. The Kier molecular flexibility index (Phi) is 6.15. The molecule has 0 amide bonds. The molecular weight excluding hydrogens is 253 g/mol. The molecule has 0 aliphatic rings. The number of halogens is 1. The van der Waals surface area contributed by atoms with Gasteiger partial charge in [-0.05, 0) is 57.4 Å². The summed E-state index contributed by atoms with van der Waals surface area (Å²) in [6.07, 6.45) is 1.82. The van der Waals surface area contributed by atoms with Gasteiger partial charge in [-0.1, -0.05) is 19.9 Å². The fraction of sp³-hybridized carbons (Fsp3) is 0.647. The van der Waals surface area contributed by atoms with Crippen molar-refractivity contribution in [3.8, 4) is 0 Å². The predicted octanol–water partition coefficient (Wildman–Crippen LogP) is 4.30. The van der Waals surface area contributed by atoms with Gasteiger partial charge in [0.1, 0.15) is 5.82 Å². The van der Waals surface area contributed by atoms with Crippen LogP contribution in [0.5, 0.6) is 0 Å². The summed E-state index contributed by atoms with van der Waals surface area (Å²) in [7, 11) is 1.70. The molecule has 0 radical (unpaired) electrons. The number of aryl methyl sites for hydroxylation is 2. The quantitative estimate of drug-likeness (QED) is 0.804. The number of hydrogen-bond donors (Lipinski definition) is 1. The van der Waals surface area contributed by atoms with Crippen molar-refractivity contribution < 1.29 is 9.13 Å². The maximum absolute atomic E-state index is 14.5. The van der Waals surface area contributed by atoms with E-state index in [1.807, 2.05) is 26.8 Å². The van der Waals surface area contributed by atoms with Gasteiger partial charge in [-0.3, -0.25) is 0 Å². The van der Waals surface area contributed by atoms with E-state index in [4.69, 9.17) is 4.74 Å². The Morgan fingerprint density at radius 3 is 2.40 bits per heavy atom. The lowest BCUT2D eigenvalue weighted by molar-refractivity contribution is -0.0309. The van der Waals surface area contributed by atoms with Crippen LogP contribution in [0.2, 0.25) is 0 Å². The van der Waals surface area contributed by atoms with E-state index >= 15 is 0 Å². The monoisotopic (exact) mass is 281 g/mol. The highest BCUT2D eigenvalue weighted by Crippen LogP contribution is 2.35. The van der Waals surface area contributed by atoms with Crippen LogP contribution in [0.1, 0.15) is 56.3 Å². The Morgan fingerprint density at radius 2 is 1.95 bits per heavy atom. The minimum absolute atomic E-state index is 0.141. The SMILES string of the molecule is CCCNC(c1c(C)cc(C)cc1F)C(C)(CC)OC. The number of hydrogen-bond acceptors (Lipinski definition) is 2. The zero-order valence-electron chi connectivity index (χ0n) is 13.6. The van der Waals surface area contributed by atoms with E-state index in [0.29, 0.717) is 0 Å². The third kappa shape index (κ3) is 3.58. The minimum atomic E-state index is -0.421. The molecule has 1 N–H and O–H groups in total. The molecule has 2 nitrogen and oxygen atoms in total. The van der Waals surface area contributed by atoms with Crippen molar-refractivity contribution in [1.29, 1.82) is 0 Å². The van der Waals surface area contributed by atoms with Crippen molar-refractivity contribution >= 4 is 0 Å². The van der Waals surface area contributed by atoms with Crippen LogP contribution in [0.4, 0.5) is 4.39 Å². The van der Waals surface area contributed by atoms with Crippen LogP contribution in [-0.4, -0.2) is 19.3 Å². The number of rotatable bonds is 7. The summed E-state index contributed by atoms with van der Waals surface area (Å²) in [6.45, 7) is 11.0. The van der Waals surface area contributed by atoms with Crippen LogP contribution < -0.4 is 5.32 Å². The first kappa shape index (κ1) is 17.1. The molecule has 114 valence electrons. The third-order valence-electron chi connectivity index (χ3n) is 4.15. The van der Waals surface area contributed by atoms with E-state index in [9.17, 15) is 4.39 Å². The summed E-state index contributed by atoms with van der Waals surface area (Å²) in [5, 5.41) is 3.46. The van der Waals surface area contributed by atoms with Crippen molar-refractivity contribution in [2.75, 3.05) is 13.7 Å². The summed E-state index contributed by atoms with van der Waals surface area (Å²) in [5.74, 6) is -0.146. The molecule has 0 aromatic heterocycles. The van der Waals surface area contributed by atoms with E-state index in [1.165, 1.54) is 0 Å². The third-order valence-corrected chi connectivity index (χ3v) is 4.15. The first-order valence-corrected chi connectivity index (χ1v) is 7.44. The minimum Gasteiger partial charge on any atom is -0.377 e. The average Bonchev–Trinajstić information content (AvgIpc) is 2.40. The van der Waals surface area contributed by atoms with E-state index in [-0.39, 0.29) is 11.9 Å². The number of ether oxygens (including phenoxy) is 1. The molecule has 2 atom stereocenters. The van der Waals surface area contributed by atoms with Gasteiger partial charge in [0.25, 0.3) is 0 Å². The molecule has 0 fully saturated rings. The number of benzene rings is 1. The van der Waals surface area contributed by atoms with E-state index in [1.54, 1.807) is 13.2 Å². The molecule has 0 bridgehead atoms. The maximum atomic E-state index is 14.5. The zero-order chi connectivity index (χ0) is 15.3. The summed E-state index contributed by atoms with van der Waals surface area (Å²) in [4.78, 5) is 0. The van der Waals surface area contributed by atoms with Gasteiger partial charge in [-0.2, -0.15) is 0 Å². The van der Waals surface area contributed by atoms with Crippen molar-refractivity contribution in [1.82, 2.24) is 5.32 Å². The lowest BCUT2D eigenvalue weighted by Crippen LogP contribution is -2.44. The second-order valence-electron chi connectivity index (χ2n) is 5.73. The van der Waals surface area contributed by atoms with Crippen LogP contribution in [0.3, 0.4) is 0 Å². The second-order valence-corrected chi connectivity index (χ2v) is 5.73. The molecule has 0 aliphatic carbocycles. The molecule has 20 heavy (non-hydrogen) atoms.